The molecule has 0 radical (unpaired) electrons. The van der Waals surface area contributed by atoms with Crippen molar-refractivity contribution in [1.29, 1.82) is 0 Å². The Labute approximate surface area is 143 Å². The predicted octanol–water partition coefficient (Wildman–Crippen LogP) is -0.149. The highest BCUT2D eigenvalue weighted by Crippen LogP contribution is 2.18. The molecule has 0 aromatic rings. The largest absolute Gasteiger partial charge is 0.480 e. The van der Waals surface area contributed by atoms with Crippen molar-refractivity contribution in [3.8, 4) is 0 Å². The Kier molecular flexibility index (Phi) is 8.27. The minimum Gasteiger partial charge on any atom is -0.480 e. The van der Waals surface area contributed by atoms with Crippen LogP contribution in [0.4, 0.5) is 4.79 Å². The maximum Gasteiger partial charge on any atom is 0.317 e. The Bertz CT molecular complexity index is 394. The molecule has 2 rings (SSSR count). The van der Waals surface area contributed by atoms with Gasteiger partial charge in [-0.2, -0.15) is 0 Å². The van der Waals surface area contributed by atoms with Crippen LogP contribution in [0.3, 0.4) is 0 Å². The lowest BCUT2D eigenvalue weighted by molar-refractivity contribution is -0.135. The number of carbonyl (C=O) groups excluding carboxylic acids is 1. The van der Waals surface area contributed by atoms with Crippen LogP contribution in [0, 0.1) is 5.92 Å². The molecule has 0 aromatic heterocycles. The van der Waals surface area contributed by atoms with E-state index in [9.17, 15) is 9.59 Å². The molecule has 8 nitrogen and oxygen atoms in total. The van der Waals surface area contributed by atoms with Crippen LogP contribution in [0.2, 0.25) is 0 Å². The lowest BCUT2D eigenvalue weighted by Gasteiger charge is -2.33. The van der Waals surface area contributed by atoms with E-state index in [-0.39, 0.29) is 18.7 Å². The number of amides is 2. The number of urea groups is 1. The molecule has 138 valence electrons. The standard InChI is InChI=1S/C16H30N4O4/c21-15(22)11-18-7-8-19-16(23)20-9-3-14(4-10-20)24-12-13-1-5-17-6-2-13/h13-14,17-18H,1-12H2,(H,19,23)(H,21,22). The third-order valence-electron chi connectivity index (χ3n) is 4.61. The van der Waals surface area contributed by atoms with Crippen LogP contribution in [-0.4, -0.2) is 80.5 Å². The normalized spacial score (nSPS) is 20.1. The van der Waals surface area contributed by atoms with Gasteiger partial charge in [0, 0.05) is 32.8 Å². The van der Waals surface area contributed by atoms with Gasteiger partial charge in [-0.3, -0.25) is 4.79 Å². The highest BCUT2D eigenvalue weighted by Gasteiger charge is 2.24. The molecule has 2 aliphatic heterocycles. The van der Waals surface area contributed by atoms with Gasteiger partial charge in [0.1, 0.15) is 0 Å². The van der Waals surface area contributed by atoms with Crippen LogP contribution in [-0.2, 0) is 9.53 Å². The topological polar surface area (TPSA) is 103 Å². The van der Waals surface area contributed by atoms with Crippen molar-refractivity contribution >= 4 is 12.0 Å². The summed E-state index contributed by atoms with van der Waals surface area (Å²) in [7, 11) is 0. The summed E-state index contributed by atoms with van der Waals surface area (Å²) >= 11 is 0. The molecule has 0 spiro atoms. The number of nitrogens with one attached hydrogen (secondary N) is 3. The molecular formula is C16H30N4O4. The fourth-order valence-corrected chi connectivity index (χ4v) is 3.11. The van der Waals surface area contributed by atoms with E-state index in [1.807, 2.05) is 4.90 Å². The molecule has 0 aliphatic carbocycles. The first-order valence-electron chi connectivity index (χ1n) is 8.92. The fourth-order valence-electron chi connectivity index (χ4n) is 3.11. The maximum absolute atomic E-state index is 12.0. The number of piperidine rings is 2. The number of nitrogens with zero attached hydrogens (tertiary/aromatic N) is 1. The molecule has 2 amide bonds. The van der Waals surface area contributed by atoms with Gasteiger partial charge >= 0.3 is 12.0 Å². The van der Waals surface area contributed by atoms with Crippen LogP contribution >= 0.6 is 0 Å². The molecule has 4 N–H and O–H groups in total. The SMILES string of the molecule is O=C(O)CNCCNC(=O)N1CCC(OCC2CCNCC2)CC1. The van der Waals surface area contributed by atoms with Crippen molar-refractivity contribution in [2.75, 3.05) is 52.4 Å². The van der Waals surface area contributed by atoms with Crippen molar-refractivity contribution in [3.05, 3.63) is 0 Å². The fraction of sp³-hybridized carbons (Fsp3) is 0.875. The molecule has 2 heterocycles. The van der Waals surface area contributed by atoms with Crippen molar-refractivity contribution in [1.82, 2.24) is 20.9 Å². The summed E-state index contributed by atoms with van der Waals surface area (Å²) in [4.78, 5) is 24.2. The third kappa shape index (κ3) is 7.02. The number of carboxylic acids is 1. The van der Waals surface area contributed by atoms with E-state index in [2.05, 4.69) is 16.0 Å². The van der Waals surface area contributed by atoms with Crippen LogP contribution in [0.5, 0.6) is 0 Å². The monoisotopic (exact) mass is 342 g/mol. The molecule has 0 saturated carbocycles. The summed E-state index contributed by atoms with van der Waals surface area (Å²) in [6, 6.07) is -0.0797. The second-order valence-corrected chi connectivity index (χ2v) is 6.52. The molecule has 24 heavy (non-hydrogen) atoms. The molecule has 0 bridgehead atoms. The molecule has 0 atom stereocenters. The molecular weight excluding hydrogens is 312 g/mol. The number of hydrogen-bond donors (Lipinski definition) is 4. The summed E-state index contributed by atoms with van der Waals surface area (Å²) in [5.41, 5.74) is 0. The van der Waals surface area contributed by atoms with Gasteiger partial charge in [-0.15, -0.1) is 0 Å². The van der Waals surface area contributed by atoms with E-state index < -0.39 is 5.97 Å². The predicted molar refractivity (Wildman–Crippen MR) is 90.0 cm³/mol. The average molecular weight is 342 g/mol. The zero-order valence-electron chi connectivity index (χ0n) is 14.3. The van der Waals surface area contributed by atoms with E-state index in [1.54, 1.807) is 0 Å². The number of hydrogen-bond acceptors (Lipinski definition) is 5. The summed E-state index contributed by atoms with van der Waals surface area (Å²) < 4.78 is 6.03. The Morgan fingerprint density at radius 3 is 2.50 bits per heavy atom. The van der Waals surface area contributed by atoms with E-state index in [4.69, 9.17) is 9.84 Å². The number of likely N-dealkylation sites (tertiary alicyclic amines) is 1. The van der Waals surface area contributed by atoms with Crippen LogP contribution < -0.4 is 16.0 Å². The summed E-state index contributed by atoms with van der Waals surface area (Å²) in [5, 5.41) is 17.4. The first-order valence-corrected chi connectivity index (χ1v) is 8.92. The summed E-state index contributed by atoms with van der Waals surface area (Å²) in [5.74, 6) is -0.223. The Balaban J connectivity index is 1.53. The Morgan fingerprint density at radius 1 is 1.12 bits per heavy atom. The minimum atomic E-state index is -0.895. The van der Waals surface area contributed by atoms with Gasteiger partial charge in [0.15, 0.2) is 0 Å². The van der Waals surface area contributed by atoms with Gasteiger partial charge in [0.2, 0.25) is 0 Å². The molecule has 2 saturated heterocycles. The molecule has 0 unspecified atom stereocenters. The average Bonchev–Trinajstić information content (AvgIpc) is 2.60. The van der Waals surface area contributed by atoms with Gasteiger partial charge in [0.25, 0.3) is 0 Å². The highest BCUT2D eigenvalue weighted by molar-refractivity contribution is 5.74. The van der Waals surface area contributed by atoms with Gasteiger partial charge in [-0.05, 0) is 44.7 Å². The van der Waals surface area contributed by atoms with Gasteiger partial charge in [-0.25, -0.2) is 4.79 Å². The van der Waals surface area contributed by atoms with Gasteiger partial charge in [-0.1, -0.05) is 0 Å². The second-order valence-electron chi connectivity index (χ2n) is 6.52. The van der Waals surface area contributed by atoms with E-state index in [0.717, 1.165) is 32.5 Å². The first-order chi connectivity index (χ1) is 11.6. The van der Waals surface area contributed by atoms with Crippen molar-refractivity contribution in [3.63, 3.8) is 0 Å². The zero-order valence-corrected chi connectivity index (χ0v) is 14.3. The molecule has 8 heteroatoms. The number of carboxylic acid groups (broad SMARTS) is 1. The molecule has 0 aromatic carbocycles. The molecule has 2 fully saturated rings. The van der Waals surface area contributed by atoms with Gasteiger partial charge in [0.05, 0.1) is 12.6 Å². The quantitative estimate of drug-likeness (QED) is 0.458. The Hall–Kier alpha value is -1.38. The van der Waals surface area contributed by atoms with Gasteiger partial charge < -0.3 is 30.7 Å². The minimum absolute atomic E-state index is 0.0797. The number of aliphatic carboxylic acids is 1. The summed E-state index contributed by atoms with van der Waals surface area (Å²) in [6.07, 6.45) is 4.42. The van der Waals surface area contributed by atoms with Crippen molar-refractivity contribution in [2.24, 2.45) is 5.92 Å². The van der Waals surface area contributed by atoms with E-state index >= 15 is 0 Å². The Morgan fingerprint density at radius 2 is 1.83 bits per heavy atom. The lowest BCUT2D eigenvalue weighted by Crippen LogP contribution is -2.47. The van der Waals surface area contributed by atoms with Crippen molar-refractivity contribution < 1.29 is 19.4 Å². The van der Waals surface area contributed by atoms with Crippen molar-refractivity contribution in [2.45, 2.75) is 31.8 Å². The maximum atomic E-state index is 12.0. The zero-order chi connectivity index (χ0) is 17.2. The third-order valence-corrected chi connectivity index (χ3v) is 4.61. The summed E-state index contributed by atoms with van der Waals surface area (Å²) in [6.45, 7) is 5.24. The first kappa shape index (κ1) is 19.0. The number of rotatable bonds is 8. The van der Waals surface area contributed by atoms with E-state index in [1.165, 1.54) is 12.8 Å². The number of carbonyl (C=O) groups is 2. The van der Waals surface area contributed by atoms with Crippen LogP contribution in [0.1, 0.15) is 25.7 Å². The number of ether oxygens (including phenoxy) is 1. The van der Waals surface area contributed by atoms with E-state index in [0.29, 0.717) is 32.1 Å². The smallest absolute Gasteiger partial charge is 0.317 e. The van der Waals surface area contributed by atoms with Crippen LogP contribution in [0.15, 0.2) is 0 Å². The molecule has 2 aliphatic rings. The second kappa shape index (κ2) is 10.5. The van der Waals surface area contributed by atoms with Crippen LogP contribution in [0.25, 0.3) is 0 Å². The lowest BCUT2D eigenvalue weighted by atomic mass is 9.99. The highest BCUT2D eigenvalue weighted by atomic mass is 16.5.